The van der Waals surface area contributed by atoms with Crippen LogP contribution in [0.5, 0.6) is 0 Å². The van der Waals surface area contributed by atoms with Crippen molar-refractivity contribution in [3.8, 4) is 0 Å². The molecular weight excluding hydrogens is 159 g/mol. The molecule has 0 radical (unpaired) electrons. The molecule has 0 aromatic carbocycles. The third-order valence-corrected chi connectivity index (χ3v) is 3.09. The van der Waals surface area contributed by atoms with Crippen molar-refractivity contribution in [2.45, 2.75) is 6.42 Å². The van der Waals surface area contributed by atoms with Crippen LogP contribution in [0.15, 0.2) is 12.2 Å². The summed E-state index contributed by atoms with van der Waals surface area (Å²) in [7, 11) is 0. The standard InChI is InChI=1S/C9H11FO2/c10-4-7-5-1-2-6(3-5)8(7)9(11)12/h1-2,5-8H,3-4H2,(H,11,12)/t5-,6+,7-,8-/m0/s1. The topological polar surface area (TPSA) is 37.3 Å². The van der Waals surface area contributed by atoms with Gasteiger partial charge in [-0.25, -0.2) is 0 Å². The summed E-state index contributed by atoms with van der Waals surface area (Å²) in [4.78, 5) is 10.8. The van der Waals surface area contributed by atoms with E-state index in [0.717, 1.165) is 6.42 Å². The Morgan fingerprint density at radius 1 is 1.50 bits per heavy atom. The number of halogens is 1. The number of carboxylic acid groups (broad SMARTS) is 1. The second-order valence-electron chi connectivity index (χ2n) is 3.63. The Hall–Kier alpha value is -0.860. The van der Waals surface area contributed by atoms with Gasteiger partial charge in [-0.05, 0) is 18.3 Å². The summed E-state index contributed by atoms with van der Waals surface area (Å²) in [5, 5.41) is 8.84. The zero-order valence-corrected chi connectivity index (χ0v) is 6.61. The van der Waals surface area contributed by atoms with E-state index in [2.05, 4.69) is 0 Å². The molecule has 0 aliphatic heterocycles. The Morgan fingerprint density at radius 2 is 2.17 bits per heavy atom. The molecule has 3 heteroatoms. The van der Waals surface area contributed by atoms with Crippen LogP contribution in [-0.4, -0.2) is 17.8 Å². The number of carbonyl (C=O) groups is 1. The maximum absolute atomic E-state index is 12.5. The molecule has 4 atom stereocenters. The lowest BCUT2D eigenvalue weighted by Gasteiger charge is -2.21. The third kappa shape index (κ3) is 0.886. The summed E-state index contributed by atoms with van der Waals surface area (Å²) in [5.41, 5.74) is 0. The van der Waals surface area contributed by atoms with Crippen LogP contribution in [0.4, 0.5) is 4.39 Å². The number of aliphatic carboxylic acids is 1. The largest absolute Gasteiger partial charge is 0.481 e. The van der Waals surface area contributed by atoms with Crippen molar-refractivity contribution < 1.29 is 14.3 Å². The van der Waals surface area contributed by atoms with E-state index in [1.165, 1.54) is 0 Å². The molecule has 0 heterocycles. The molecule has 0 saturated heterocycles. The Morgan fingerprint density at radius 3 is 2.67 bits per heavy atom. The smallest absolute Gasteiger partial charge is 0.307 e. The highest BCUT2D eigenvalue weighted by Crippen LogP contribution is 2.48. The van der Waals surface area contributed by atoms with Gasteiger partial charge in [-0.15, -0.1) is 0 Å². The number of fused-ring (bicyclic) bond motifs is 2. The molecule has 0 aromatic rings. The van der Waals surface area contributed by atoms with Gasteiger partial charge in [0.2, 0.25) is 0 Å². The second kappa shape index (κ2) is 2.57. The van der Waals surface area contributed by atoms with Crippen LogP contribution in [0.1, 0.15) is 6.42 Å². The predicted molar refractivity (Wildman–Crippen MR) is 41.3 cm³/mol. The van der Waals surface area contributed by atoms with Crippen LogP contribution < -0.4 is 0 Å². The predicted octanol–water partition coefficient (Wildman–Crippen LogP) is 1.48. The Labute approximate surface area is 70.1 Å². The van der Waals surface area contributed by atoms with Crippen molar-refractivity contribution in [1.82, 2.24) is 0 Å². The third-order valence-electron chi connectivity index (χ3n) is 3.09. The van der Waals surface area contributed by atoms with Crippen molar-refractivity contribution in [3.63, 3.8) is 0 Å². The maximum atomic E-state index is 12.5. The second-order valence-corrected chi connectivity index (χ2v) is 3.63. The van der Waals surface area contributed by atoms with Gasteiger partial charge in [-0.1, -0.05) is 12.2 Å². The molecule has 2 bridgehead atoms. The first-order chi connectivity index (χ1) is 5.74. The average Bonchev–Trinajstić information content (AvgIpc) is 2.60. The van der Waals surface area contributed by atoms with Gasteiger partial charge >= 0.3 is 5.97 Å². The Balaban J connectivity index is 2.23. The number of alkyl halides is 1. The van der Waals surface area contributed by atoms with Crippen molar-refractivity contribution in [2.24, 2.45) is 23.7 Å². The molecule has 0 spiro atoms. The SMILES string of the molecule is O=C(O)[C@@H]1[C@@H](CF)[C@H]2C=C[C@@H]1C2. The van der Waals surface area contributed by atoms with E-state index in [-0.39, 0.29) is 17.8 Å². The van der Waals surface area contributed by atoms with Crippen molar-refractivity contribution >= 4 is 5.97 Å². The van der Waals surface area contributed by atoms with E-state index in [1.807, 2.05) is 12.2 Å². The van der Waals surface area contributed by atoms with Crippen LogP contribution >= 0.6 is 0 Å². The van der Waals surface area contributed by atoms with Crippen LogP contribution in [0.25, 0.3) is 0 Å². The summed E-state index contributed by atoms with van der Waals surface area (Å²) >= 11 is 0. The summed E-state index contributed by atoms with van der Waals surface area (Å²) in [6.07, 6.45) is 4.73. The van der Waals surface area contributed by atoms with Crippen LogP contribution in [0.2, 0.25) is 0 Å². The summed E-state index contributed by atoms with van der Waals surface area (Å²) in [5.74, 6) is -1.30. The van der Waals surface area contributed by atoms with Gasteiger partial charge in [0.05, 0.1) is 12.6 Å². The van der Waals surface area contributed by atoms with E-state index in [0.29, 0.717) is 0 Å². The Kier molecular flexibility index (Phi) is 1.67. The highest BCUT2D eigenvalue weighted by atomic mass is 19.1. The van der Waals surface area contributed by atoms with Crippen LogP contribution in [0.3, 0.4) is 0 Å². The molecule has 1 saturated carbocycles. The monoisotopic (exact) mass is 170 g/mol. The minimum atomic E-state index is -0.838. The normalized spacial score (nSPS) is 43.8. The first-order valence-electron chi connectivity index (χ1n) is 4.21. The molecular formula is C9H11FO2. The van der Waals surface area contributed by atoms with Crippen molar-refractivity contribution in [1.29, 1.82) is 0 Å². The van der Waals surface area contributed by atoms with Gasteiger partial charge in [0.15, 0.2) is 0 Å². The van der Waals surface area contributed by atoms with Gasteiger partial charge in [0.25, 0.3) is 0 Å². The number of allylic oxidation sites excluding steroid dienone is 2. The fraction of sp³-hybridized carbons (Fsp3) is 0.667. The van der Waals surface area contributed by atoms with Crippen LogP contribution in [0, 0.1) is 23.7 Å². The molecule has 0 aromatic heterocycles. The molecule has 1 fully saturated rings. The van der Waals surface area contributed by atoms with Gasteiger partial charge < -0.3 is 5.11 Å². The number of carboxylic acids is 1. The van der Waals surface area contributed by atoms with E-state index in [9.17, 15) is 9.18 Å². The lowest BCUT2D eigenvalue weighted by molar-refractivity contribution is -0.144. The first-order valence-corrected chi connectivity index (χ1v) is 4.21. The van der Waals surface area contributed by atoms with E-state index in [4.69, 9.17) is 5.11 Å². The number of rotatable bonds is 2. The zero-order valence-electron chi connectivity index (χ0n) is 6.61. The fourth-order valence-electron chi connectivity index (χ4n) is 2.50. The minimum absolute atomic E-state index is 0.0910. The highest BCUT2D eigenvalue weighted by Gasteiger charge is 2.48. The molecule has 12 heavy (non-hydrogen) atoms. The quantitative estimate of drug-likeness (QED) is 0.637. The van der Waals surface area contributed by atoms with E-state index < -0.39 is 18.6 Å². The molecule has 66 valence electrons. The van der Waals surface area contributed by atoms with Gasteiger partial charge in [0.1, 0.15) is 0 Å². The molecule has 0 amide bonds. The Bertz CT molecular complexity index is 237. The van der Waals surface area contributed by atoms with E-state index >= 15 is 0 Å². The van der Waals surface area contributed by atoms with Gasteiger partial charge in [-0.3, -0.25) is 9.18 Å². The van der Waals surface area contributed by atoms with E-state index in [1.54, 1.807) is 0 Å². The highest BCUT2D eigenvalue weighted by molar-refractivity contribution is 5.72. The summed E-state index contributed by atoms with van der Waals surface area (Å²) in [6, 6.07) is 0. The molecule has 2 aliphatic rings. The zero-order chi connectivity index (χ0) is 8.72. The van der Waals surface area contributed by atoms with Crippen LogP contribution in [-0.2, 0) is 4.79 Å². The number of hydrogen-bond donors (Lipinski definition) is 1. The average molecular weight is 170 g/mol. The summed E-state index contributed by atoms with van der Waals surface area (Å²) in [6.45, 7) is -0.498. The molecule has 2 nitrogen and oxygen atoms in total. The molecule has 2 rings (SSSR count). The van der Waals surface area contributed by atoms with Crippen molar-refractivity contribution in [2.75, 3.05) is 6.67 Å². The van der Waals surface area contributed by atoms with Gasteiger partial charge in [0, 0.05) is 5.92 Å². The molecule has 0 unspecified atom stereocenters. The van der Waals surface area contributed by atoms with Crippen molar-refractivity contribution in [3.05, 3.63) is 12.2 Å². The summed E-state index contributed by atoms with van der Waals surface area (Å²) < 4.78 is 12.5. The molecule has 2 aliphatic carbocycles. The minimum Gasteiger partial charge on any atom is -0.481 e. The van der Waals surface area contributed by atoms with Gasteiger partial charge in [-0.2, -0.15) is 0 Å². The molecule has 1 N–H and O–H groups in total. The lowest BCUT2D eigenvalue weighted by Crippen LogP contribution is -2.28. The number of hydrogen-bond acceptors (Lipinski definition) is 1. The fourth-order valence-corrected chi connectivity index (χ4v) is 2.50. The lowest BCUT2D eigenvalue weighted by atomic mass is 9.84. The maximum Gasteiger partial charge on any atom is 0.307 e. The first kappa shape index (κ1) is 7.77.